The van der Waals surface area contributed by atoms with Crippen LogP contribution in [0, 0.1) is 0 Å². The average Bonchev–Trinajstić information content (AvgIpc) is 2.69. The van der Waals surface area contributed by atoms with Crippen molar-refractivity contribution in [2.75, 3.05) is 44.7 Å². The first-order valence-electron chi connectivity index (χ1n) is 9.84. The molecule has 1 saturated heterocycles. The Hall–Kier alpha value is -1.71. The summed E-state index contributed by atoms with van der Waals surface area (Å²) in [7, 11) is 2.11. The first-order valence-corrected chi connectivity index (χ1v) is 9.84. The molecule has 28 heavy (non-hydrogen) atoms. The molecule has 0 aliphatic carbocycles. The number of hydrogen-bond donors (Lipinski definition) is 2. The topological polar surface area (TPSA) is 83.2 Å². The van der Waals surface area contributed by atoms with Gasteiger partial charge in [-0.15, -0.1) is 24.0 Å². The normalized spacial score (nSPS) is 14.9. The van der Waals surface area contributed by atoms with Crippen LogP contribution in [0.1, 0.15) is 32.6 Å². The highest BCUT2D eigenvalue weighted by atomic mass is 127. The number of aliphatic imine (C=N–C) groups is 1. The number of carbonyl (C=O) groups excluding carboxylic acids is 1. The molecule has 158 valence electrons. The number of carbonyl (C=O) groups is 1. The highest BCUT2D eigenvalue weighted by Gasteiger charge is 2.23. The number of nitrogens with one attached hydrogen (secondary N) is 1. The van der Waals surface area contributed by atoms with E-state index in [0.717, 1.165) is 38.8 Å². The minimum atomic E-state index is -0.224. The number of rotatable bonds is 8. The number of hydrogen-bond acceptors (Lipinski definition) is 4. The van der Waals surface area contributed by atoms with Crippen molar-refractivity contribution < 1.29 is 9.53 Å². The fraction of sp³-hybridized carbons (Fsp3) is 0.600. The van der Waals surface area contributed by atoms with E-state index in [1.165, 1.54) is 5.69 Å². The van der Waals surface area contributed by atoms with Crippen LogP contribution in [0.15, 0.2) is 35.3 Å². The van der Waals surface area contributed by atoms with E-state index in [2.05, 4.69) is 46.5 Å². The Morgan fingerprint density at radius 2 is 1.96 bits per heavy atom. The maximum absolute atomic E-state index is 11.7. The van der Waals surface area contributed by atoms with Gasteiger partial charge in [-0.05, 0) is 44.7 Å². The summed E-state index contributed by atoms with van der Waals surface area (Å²) in [5.74, 6) is 0.501. The molecule has 0 bridgehead atoms. The number of piperidine rings is 1. The molecule has 1 amide bonds. The van der Waals surface area contributed by atoms with Gasteiger partial charge in [0.1, 0.15) is 0 Å². The van der Waals surface area contributed by atoms with Gasteiger partial charge in [0.05, 0.1) is 6.61 Å². The lowest BCUT2D eigenvalue weighted by Gasteiger charge is -2.31. The van der Waals surface area contributed by atoms with Crippen LogP contribution in [0.5, 0.6) is 0 Å². The Kier molecular flexibility index (Phi) is 11.7. The van der Waals surface area contributed by atoms with Crippen LogP contribution in [0.25, 0.3) is 0 Å². The molecule has 1 aliphatic heterocycles. The summed E-state index contributed by atoms with van der Waals surface area (Å²) in [6.07, 6.45) is 3.56. The van der Waals surface area contributed by atoms with E-state index in [1.54, 1.807) is 4.90 Å². The third-order valence-corrected chi connectivity index (χ3v) is 4.75. The predicted molar refractivity (Wildman–Crippen MR) is 126 cm³/mol. The second-order valence-corrected chi connectivity index (χ2v) is 6.84. The number of benzene rings is 1. The van der Waals surface area contributed by atoms with Gasteiger partial charge in [0.25, 0.3) is 0 Å². The molecule has 1 fully saturated rings. The van der Waals surface area contributed by atoms with Crippen molar-refractivity contribution in [2.45, 2.75) is 38.6 Å². The van der Waals surface area contributed by atoms with Gasteiger partial charge in [0.15, 0.2) is 5.96 Å². The summed E-state index contributed by atoms with van der Waals surface area (Å²) in [4.78, 5) is 20.1. The molecule has 0 aromatic heterocycles. The molecule has 8 heteroatoms. The molecule has 0 spiro atoms. The Morgan fingerprint density at radius 3 is 2.61 bits per heavy atom. The number of amides is 1. The van der Waals surface area contributed by atoms with Crippen molar-refractivity contribution in [3.63, 3.8) is 0 Å². The summed E-state index contributed by atoms with van der Waals surface area (Å²) in [6.45, 7) is 5.34. The number of nitrogens with zero attached hydrogens (tertiary/aromatic N) is 3. The van der Waals surface area contributed by atoms with Crippen molar-refractivity contribution in [1.29, 1.82) is 0 Å². The lowest BCUT2D eigenvalue weighted by Crippen LogP contribution is -2.48. The van der Waals surface area contributed by atoms with Crippen LogP contribution < -0.4 is 16.0 Å². The van der Waals surface area contributed by atoms with Crippen LogP contribution >= 0.6 is 24.0 Å². The third kappa shape index (κ3) is 8.53. The van der Waals surface area contributed by atoms with E-state index in [0.29, 0.717) is 25.7 Å². The molecular weight excluding hydrogens is 469 g/mol. The third-order valence-electron chi connectivity index (χ3n) is 4.75. The molecule has 3 N–H and O–H groups in total. The molecule has 1 aliphatic rings. The molecule has 7 nitrogen and oxygen atoms in total. The highest BCUT2D eigenvalue weighted by Crippen LogP contribution is 2.12. The van der Waals surface area contributed by atoms with Gasteiger partial charge < -0.3 is 25.6 Å². The molecule has 0 unspecified atom stereocenters. The van der Waals surface area contributed by atoms with Crippen LogP contribution in [-0.4, -0.2) is 62.8 Å². The van der Waals surface area contributed by atoms with Crippen LogP contribution in [0.2, 0.25) is 0 Å². The molecule has 0 atom stereocenters. The van der Waals surface area contributed by atoms with Crippen LogP contribution in [0.4, 0.5) is 10.5 Å². The van der Waals surface area contributed by atoms with Gasteiger partial charge >= 0.3 is 6.09 Å². The smallest absolute Gasteiger partial charge is 0.409 e. The molecule has 1 aromatic rings. The number of para-hydroxylation sites is 1. The number of nitrogens with two attached hydrogens (primary N) is 1. The zero-order valence-electron chi connectivity index (χ0n) is 17.0. The van der Waals surface area contributed by atoms with Gasteiger partial charge in [-0.2, -0.15) is 0 Å². The van der Waals surface area contributed by atoms with Crippen molar-refractivity contribution in [3.8, 4) is 0 Å². The number of likely N-dealkylation sites (tertiary alicyclic amines) is 1. The monoisotopic (exact) mass is 503 g/mol. The largest absolute Gasteiger partial charge is 0.450 e. The molecule has 1 aromatic carbocycles. The SMILES string of the molecule is CCOC(=O)N1CCC(NC(N)=NCCCCN(C)c2ccccc2)CC1.I. The maximum Gasteiger partial charge on any atom is 0.409 e. The standard InChI is InChI=1S/C20H33N5O2.HI/c1-3-27-20(26)25-15-11-17(12-16-25)23-19(21)22-13-7-8-14-24(2)18-9-5-4-6-10-18;/h4-6,9-10,17H,3,7-8,11-16H2,1-2H3,(H3,21,22,23);1H. The Labute approximate surface area is 185 Å². The first kappa shape index (κ1) is 24.3. The summed E-state index contributed by atoms with van der Waals surface area (Å²) < 4.78 is 5.03. The number of ether oxygens (including phenoxy) is 1. The number of unbranched alkanes of at least 4 members (excludes halogenated alkanes) is 1. The van der Waals surface area contributed by atoms with Gasteiger partial charge in [-0.25, -0.2) is 4.79 Å². The zero-order valence-corrected chi connectivity index (χ0v) is 19.3. The number of anilines is 1. The van der Waals surface area contributed by atoms with Crippen molar-refractivity contribution >= 4 is 41.7 Å². The van der Waals surface area contributed by atoms with E-state index < -0.39 is 0 Å². The van der Waals surface area contributed by atoms with Crippen LogP contribution in [0.3, 0.4) is 0 Å². The second kappa shape index (κ2) is 13.5. The molecule has 0 saturated carbocycles. The van der Waals surface area contributed by atoms with E-state index in [9.17, 15) is 4.79 Å². The zero-order chi connectivity index (χ0) is 19.5. The molecule has 0 radical (unpaired) electrons. The Bertz CT molecular complexity index is 592. The van der Waals surface area contributed by atoms with Gasteiger partial charge in [0, 0.05) is 45.0 Å². The van der Waals surface area contributed by atoms with E-state index in [1.807, 2.05) is 13.0 Å². The van der Waals surface area contributed by atoms with E-state index in [-0.39, 0.29) is 36.1 Å². The Morgan fingerprint density at radius 1 is 1.29 bits per heavy atom. The lowest BCUT2D eigenvalue weighted by atomic mass is 10.1. The number of halogens is 1. The highest BCUT2D eigenvalue weighted by molar-refractivity contribution is 14.0. The van der Waals surface area contributed by atoms with Gasteiger partial charge in [0.2, 0.25) is 0 Å². The fourth-order valence-corrected chi connectivity index (χ4v) is 3.15. The predicted octanol–water partition coefficient (Wildman–Crippen LogP) is 3.05. The quantitative estimate of drug-likeness (QED) is 0.247. The van der Waals surface area contributed by atoms with E-state index >= 15 is 0 Å². The first-order chi connectivity index (χ1) is 13.1. The lowest BCUT2D eigenvalue weighted by molar-refractivity contribution is 0.0963. The number of guanidine groups is 1. The molecular formula is C20H34IN5O2. The van der Waals surface area contributed by atoms with Crippen molar-refractivity contribution in [2.24, 2.45) is 10.7 Å². The second-order valence-electron chi connectivity index (χ2n) is 6.84. The van der Waals surface area contributed by atoms with Crippen molar-refractivity contribution in [1.82, 2.24) is 10.2 Å². The minimum absolute atomic E-state index is 0. The average molecular weight is 503 g/mol. The summed E-state index contributed by atoms with van der Waals surface area (Å²) >= 11 is 0. The summed E-state index contributed by atoms with van der Waals surface area (Å²) in [6, 6.07) is 10.6. The molecule has 2 rings (SSSR count). The minimum Gasteiger partial charge on any atom is -0.450 e. The summed E-state index contributed by atoms with van der Waals surface area (Å²) in [5.41, 5.74) is 7.24. The van der Waals surface area contributed by atoms with E-state index in [4.69, 9.17) is 10.5 Å². The molecule has 1 heterocycles. The van der Waals surface area contributed by atoms with Crippen molar-refractivity contribution in [3.05, 3.63) is 30.3 Å². The van der Waals surface area contributed by atoms with Gasteiger partial charge in [-0.3, -0.25) is 4.99 Å². The fourth-order valence-electron chi connectivity index (χ4n) is 3.15. The van der Waals surface area contributed by atoms with Gasteiger partial charge in [-0.1, -0.05) is 18.2 Å². The summed E-state index contributed by atoms with van der Waals surface area (Å²) in [5, 5.41) is 3.27. The maximum atomic E-state index is 11.7. The van der Waals surface area contributed by atoms with Crippen LogP contribution in [-0.2, 0) is 4.74 Å². The Balaban J connectivity index is 0.00000392.